The maximum absolute atomic E-state index is 13.4. The monoisotopic (exact) mass is 322 g/mol. The van der Waals surface area contributed by atoms with Gasteiger partial charge in [0.25, 0.3) is 0 Å². The topological polar surface area (TPSA) is 20.2 Å². The fourth-order valence-corrected chi connectivity index (χ4v) is 2.57. The molecule has 19 heavy (non-hydrogen) atoms. The normalized spacial score (nSPS) is 12.5. The standard InChI is InChI=1S/C16H16BrFO/c1-10-6-7-11(2)13(8-10)15(19)9-12-4-3-5-14(18)16(12)17/h3-8,15,19H,9H2,1-2H3. The smallest absolute Gasteiger partial charge is 0.137 e. The van der Waals surface area contributed by atoms with E-state index in [-0.39, 0.29) is 5.82 Å². The van der Waals surface area contributed by atoms with E-state index in [9.17, 15) is 9.50 Å². The maximum Gasteiger partial charge on any atom is 0.137 e. The zero-order chi connectivity index (χ0) is 14.0. The lowest BCUT2D eigenvalue weighted by Gasteiger charge is -2.15. The van der Waals surface area contributed by atoms with Crippen LogP contribution in [0, 0.1) is 19.7 Å². The second-order valence-electron chi connectivity index (χ2n) is 4.79. The number of hydrogen-bond donors (Lipinski definition) is 1. The van der Waals surface area contributed by atoms with Gasteiger partial charge < -0.3 is 5.11 Å². The number of benzene rings is 2. The van der Waals surface area contributed by atoms with Gasteiger partial charge in [-0.2, -0.15) is 0 Å². The van der Waals surface area contributed by atoms with Gasteiger partial charge in [-0.15, -0.1) is 0 Å². The van der Waals surface area contributed by atoms with Crippen LogP contribution in [0.25, 0.3) is 0 Å². The zero-order valence-electron chi connectivity index (χ0n) is 11.0. The molecule has 0 aromatic heterocycles. The van der Waals surface area contributed by atoms with Gasteiger partial charge in [0.1, 0.15) is 5.82 Å². The summed E-state index contributed by atoms with van der Waals surface area (Å²) in [6, 6.07) is 10.9. The van der Waals surface area contributed by atoms with Gasteiger partial charge in [0, 0.05) is 6.42 Å². The van der Waals surface area contributed by atoms with Gasteiger partial charge in [0.15, 0.2) is 0 Å². The van der Waals surface area contributed by atoms with Gasteiger partial charge in [0.2, 0.25) is 0 Å². The van der Waals surface area contributed by atoms with Crippen molar-refractivity contribution in [1.82, 2.24) is 0 Å². The minimum atomic E-state index is -0.627. The molecule has 0 amide bonds. The van der Waals surface area contributed by atoms with Crippen LogP contribution in [0.5, 0.6) is 0 Å². The summed E-state index contributed by atoms with van der Waals surface area (Å²) in [5.41, 5.74) is 3.83. The van der Waals surface area contributed by atoms with Crippen molar-refractivity contribution in [2.45, 2.75) is 26.4 Å². The quantitative estimate of drug-likeness (QED) is 0.883. The van der Waals surface area contributed by atoms with E-state index in [1.807, 2.05) is 38.1 Å². The highest BCUT2D eigenvalue weighted by molar-refractivity contribution is 9.10. The van der Waals surface area contributed by atoms with Gasteiger partial charge in [-0.05, 0) is 52.5 Å². The minimum Gasteiger partial charge on any atom is -0.388 e. The number of aliphatic hydroxyl groups is 1. The Hall–Kier alpha value is -1.19. The molecule has 0 aliphatic rings. The van der Waals surface area contributed by atoms with Crippen molar-refractivity contribution in [1.29, 1.82) is 0 Å². The maximum atomic E-state index is 13.4. The van der Waals surface area contributed by atoms with Crippen LogP contribution < -0.4 is 0 Å². The van der Waals surface area contributed by atoms with E-state index >= 15 is 0 Å². The molecule has 3 heteroatoms. The second kappa shape index (κ2) is 5.85. The molecule has 0 fully saturated rings. The number of aliphatic hydroxyl groups excluding tert-OH is 1. The first-order chi connectivity index (χ1) is 8.99. The molecule has 0 bridgehead atoms. The fraction of sp³-hybridized carbons (Fsp3) is 0.250. The lowest BCUT2D eigenvalue weighted by molar-refractivity contribution is 0.177. The number of halogens is 2. The Balaban J connectivity index is 2.28. The molecule has 2 rings (SSSR count). The van der Waals surface area contributed by atoms with E-state index < -0.39 is 6.10 Å². The number of aryl methyl sites for hydroxylation is 2. The summed E-state index contributed by atoms with van der Waals surface area (Å²) < 4.78 is 13.9. The van der Waals surface area contributed by atoms with E-state index in [2.05, 4.69) is 15.9 Å². The number of rotatable bonds is 3. The van der Waals surface area contributed by atoms with E-state index in [1.165, 1.54) is 6.07 Å². The molecule has 1 nitrogen and oxygen atoms in total. The van der Waals surface area contributed by atoms with Crippen molar-refractivity contribution in [3.05, 3.63) is 68.9 Å². The summed E-state index contributed by atoms with van der Waals surface area (Å²) in [6.45, 7) is 3.96. The third-order valence-electron chi connectivity index (χ3n) is 3.24. The van der Waals surface area contributed by atoms with Crippen LogP contribution in [-0.2, 0) is 6.42 Å². The van der Waals surface area contributed by atoms with Gasteiger partial charge in [-0.3, -0.25) is 0 Å². The van der Waals surface area contributed by atoms with E-state index in [0.717, 1.165) is 22.3 Å². The van der Waals surface area contributed by atoms with Crippen molar-refractivity contribution in [2.24, 2.45) is 0 Å². The molecular weight excluding hydrogens is 307 g/mol. The van der Waals surface area contributed by atoms with Gasteiger partial charge >= 0.3 is 0 Å². The first-order valence-corrected chi connectivity index (χ1v) is 6.96. The highest BCUT2D eigenvalue weighted by Crippen LogP contribution is 2.27. The average Bonchev–Trinajstić information content (AvgIpc) is 2.38. The largest absolute Gasteiger partial charge is 0.388 e. The molecule has 0 aliphatic carbocycles. The van der Waals surface area contributed by atoms with E-state index in [0.29, 0.717) is 10.9 Å². The molecule has 1 N–H and O–H groups in total. The summed E-state index contributed by atoms with van der Waals surface area (Å²) in [7, 11) is 0. The lowest BCUT2D eigenvalue weighted by atomic mass is 9.96. The molecule has 1 atom stereocenters. The van der Waals surface area contributed by atoms with Crippen molar-refractivity contribution < 1.29 is 9.50 Å². The van der Waals surface area contributed by atoms with E-state index in [4.69, 9.17) is 0 Å². The Labute approximate surface area is 121 Å². The van der Waals surface area contributed by atoms with Crippen LogP contribution in [0.2, 0.25) is 0 Å². The highest BCUT2D eigenvalue weighted by atomic mass is 79.9. The first-order valence-electron chi connectivity index (χ1n) is 6.17. The summed E-state index contributed by atoms with van der Waals surface area (Å²) in [6.07, 6.45) is -0.235. The molecule has 100 valence electrons. The molecular formula is C16H16BrFO. The third-order valence-corrected chi connectivity index (χ3v) is 4.13. The molecule has 2 aromatic carbocycles. The fourth-order valence-electron chi connectivity index (χ4n) is 2.14. The van der Waals surface area contributed by atoms with Crippen molar-refractivity contribution in [3.8, 4) is 0 Å². The SMILES string of the molecule is Cc1ccc(C)c(C(O)Cc2cccc(F)c2Br)c1. The Kier molecular flexibility index (Phi) is 4.38. The average molecular weight is 323 g/mol. The predicted molar refractivity (Wildman–Crippen MR) is 78.7 cm³/mol. The van der Waals surface area contributed by atoms with Gasteiger partial charge in [0.05, 0.1) is 10.6 Å². The first kappa shape index (κ1) is 14.2. The molecule has 2 aromatic rings. The lowest BCUT2D eigenvalue weighted by Crippen LogP contribution is -2.05. The zero-order valence-corrected chi connectivity index (χ0v) is 12.5. The molecule has 0 saturated heterocycles. The minimum absolute atomic E-state index is 0.300. The Bertz CT molecular complexity index is 595. The van der Waals surface area contributed by atoms with Crippen LogP contribution >= 0.6 is 15.9 Å². The van der Waals surface area contributed by atoms with Crippen LogP contribution in [0.4, 0.5) is 4.39 Å². The molecule has 0 aliphatic heterocycles. The molecule has 0 radical (unpaired) electrons. The molecule has 0 heterocycles. The summed E-state index contributed by atoms with van der Waals surface area (Å²) in [5.74, 6) is -0.300. The van der Waals surface area contributed by atoms with Gasteiger partial charge in [-0.1, -0.05) is 35.9 Å². The summed E-state index contributed by atoms with van der Waals surface area (Å²) in [4.78, 5) is 0. The van der Waals surface area contributed by atoms with Crippen LogP contribution in [0.1, 0.15) is 28.4 Å². The second-order valence-corrected chi connectivity index (χ2v) is 5.59. The molecule has 1 unspecified atom stereocenters. The van der Waals surface area contributed by atoms with E-state index in [1.54, 1.807) is 6.07 Å². The third kappa shape index (κ3) is 3.23. The van der Waals surface area contributed by atoms with Crippen molar-refractivity contribution in [2.75, 3.05) is 0 Å². The van der Waals surface area contributed by atoms with Crippen molar-refractivity contribution in [3.63, 3.8) is 0 Å². The number of hydrogen-bond acceptors (Lipinski definition) is 1. The Morgan fingerprint density at radius 1 is 1.21 bits per heavy atom. The summed E-state index contributed by atoms with van der Waals surface area (Å²) >= 11 is 3.23. The molecule has 0 saturated carbocycles. The highest BCUT2D eigenvalue weighted by Gasteiger charge is 2.14. The summed E-state index contributed by atoms with van der Waals surface area (Å²) in [5, 5.41) is 10.4. The van der Waals surface area contributed by atoms with Crippen LogP contribution in [-0.4, -0.2) is 5.11 Å². The van der Waals surface area contributed by atoms with Crippen molar-refractivity contribution >= 4 is 15.9 Å². The van der Waals surface area contributed by atoms with Gasteiger partial charge in [-0.25, -0.2) is 4.39 Å². The van der Waals surface area contributed by atoms with Crippen LogP contribution in [0.15, 0.2) is 40.9 Å². The van der Waals surface area contributed by atoms with Crippen LogP contribution in [0.3, 0.4) is 0 Å². The Morgan fingerprint density at radius 3 is 2.68 bits per heavy atom. The molecule has 0 spiro atoms. The predicted octanol–water partition coefficient (Wildman–Crippen LogP) is 4.48. The Morgan fingerprint density at radius 2 is 1.95 bits per heavy atom.